The largest absolute Gasteiger partial charge is 0.377 e. The molecule has 17 heavy (non-hydrogen) atoms. The average Bonchev–Trinajstić information content (AvgIpc) is 2.85. The molecule has 1 atom stereocenters. The Morgan fingerprint density at radius 2 is 2.06 bits per heavy atom. The molecule has 1 N–H and O–H groups in total. The summed E-state index contributed by atoms with van der Waals surface area (Å²) in [5, 5.41) is 5.66. The minimum atomic E-state index is 0.329. The fourth-order valence-electron chi connectivity index (χ4n) is 1.75. The number of anilines is 1. The lowest BCUT2D eigenvalue weighted by molar-refractivity contribution is 0.816. The van der Waals surface area contributed by atoms with Gasteiger partial charge in [0.2, 0.25) is 0 Å². The van der Waals surface area contributed by atoms with E-state index >= 15 is 0 Å². The van der Waals surface area contributed by atoms with Crippen molar-refractivity contribution in [2.75, 3.05) is 5.32 Å². The van der Waals surface area contributed by atoms with Crippen molar-refractivity contribution in [3.63, 3.8) is 0 Å². The van der Waals surface area contributed by atoms with Crippen molar-refractivity contribution < 1.29 is 0 Å². The summed E-state index contributed by atoms with van der Waals surface area (Å²) in [5.41, 5.74) is 2.45. The van der Waals surface area contributed by atoms with Gasteiger partial charge in [-0.2, -0.15) is 0 Å². The summed E-state index contributed by atoms with van der Waals surface area (Å²) in [6, 6.07) is 13.1. The SMILES string of the molecule is C=CCC(Nc1ccc(C)cc1)c1cccs1. The molecule has 0 spiro atoms. The monoisotopic (exact) mass is 243 g/mol. The predicted molar refractivity (Wildman–Crippen MR) is 76.7 cm³/mol. The molecule has 0 radical (unpaired) electrons. The number of nitrogens with one attached hydrogen (secondary N) is 1. The number of hydrogen-bond donors (Lipinski definition) is 1. The van der Waals surface area contributed by atoms with E-state index in [9.17, 15) is 0 Å². The second-order valence-electron chi connectivity index (χ2n) is 4.10. The summed E-state index contributed by atoms with van der Waals surface area (Å²) in [5.74, 6) is 0. The van der Waals surface area contributed by atoms with E-state index in [4.69, 9.17) is 0 Å². The first-order valence-electron chi connectivity index (χ1n) is 5.77. The van der Waals surface area contributed by atoms with E-state index in [1.54, 1.807) is 11.3 Å². The van der Waals surface area contributed by atoms with E-state index in [2.05, 4.69) is 60.6 Å². The third-order valence-electron chi connectivity index (χ3n) is 2.68. The van der Waals surface area contributed by atoms with Crippen LogP contribution in [0, 0.1) is 6.92 Å². The summed E-state index contributed by atoms with van der Waals surface area (Å²) in [7, 11) is 0. The maximum Gasteiger partial charge on any atom is 0.0640 e. The number of benzene rings is 1. The first-order valence-corrected chi connectivity index (χ1v) is 6.65. The number of hydrogen-bond acceptors (Lipinski definition) is 2. The molecule has 0 aliphatic heterocycles. The van der Waals surface area contributed by atoms with E-state index < -0.39 is 0 Å². The van der Waals surface area contributed by atoms with Gasteiger partial charge in [0.25, 0.3) is 0 Å². The number of aryl methyl sites for hydroxylation is 1. The maximum atomic E-state index is 3.83. The summed E-state index contributed by atoms with van der Waals surface area (Å²) in [6.45, 7) is 5.93. The molecule has 0 saturated heterocycles. The van der Waals surface area contributed by atoms with Crippen LogP contribution in [-0.2, 0) is 0 Å². The van der Waals surface area contributed by atoms with Crippen LogP contribution in [0.25, 0.3) is 0 Å². The Bertz CT molecular complexity index is 456. The van der Waals surface area contributed by atoms with Crippen LogP contribution in [0.15, 0.2) is 54.4 Å². The van der Waals surface area contributed by atoms with Crippen LogP contribution in [0.3, 0.4) is 0 Å². The van der Waals surface area contributed by atoms with Crippen molar-refractivity contribution in [2.45, 2.75) is 19.4 Å². The normalized spacial score (nSPS) is 12.1. The highest BCUT2D eigenvalue weighted by molar-refractivity contribution is 7.10. The summed E-state index contributed by atoms with van der Waals surface area (Å²) in [6.07, 6.45) is 2.90. The molecule has 2 aromatic rings. The lowest BCUT2D eigenvalue weighted by Gasteiger charge is -2.17. The molecule has 88 valence electrons. The van der Waals surface area contributed by atoms with Crippen molar-refractivity contribution in [3.05, 3.63) is 64.9 Å². The van der Waals surface area contributed by atoms with Gasteiger partial charge in [-0.1, -0.05) is 29.8 Å². The summed E-state index contributed by atoms with van der Waals surface area (Å²) in [4.78, 5) is 1.35. The van der Waals surface area contributed by atoms with Gasteiger partial charge in [-0.05, 0) is 36.9 Å². The Morgan fingerprint density at radius 1 is 1.29 bits per heavy atom. The van der Waals surface area contributed by atoms with Gasteiger partial charge < -0.3 is 5.32 Å². The highest BCUT2D eigenvalue weighted by Gasteiger charge is 2.10. The quantitative estimate of drug-likeness (QED) is 0.745. The zero-order chi connectivity index (χ0) is 12.1. The highest BCUT2D eigenvalue weighted by Crippen LogP contribution is 2.26. The van der Waals surface area contributed by atoms with E-state index in [0.717, 1.165) is 12.1 Å². The third kappa shape index (κ3) is 3.21. The van der Waals surface area contributed by atoms with E-state index in [-0.39, 0.29) is 0 Å². The van der Waals surface area contributed by atoms with Crippen LogP contribution >= 0.6 is 11.3 Å². The standard InChI is InChI=1S/C15H17NS/c1-3-5-14(15-6-4-11-17-15)16-13-9-7-12(2)8-10-13/h3-4,6-11,14,16H,1,5H2,2H3. The van der Waals surface area contributed by atoms with Crippen molar-refractivity contribution in [2.24, 2.45) is 0 Å². The minimum absolute atomic E-state index is 0.329. The molecule has 0 saturated carbocycles. The number of thiophene rings is 1. The Balaban J connectivity index is 2.13. The predicted octanol–water partition coefficient (Wildman–Crippen LogP) is 4.79. The molecule has 1 unspecified atom stereocenters. The molecule has 0 aliphatic carbocycles. The topological polar surface area (TPSA) is 12.0 Å². The van der Waals surface area contributed by atoms with Crippen LogP contribution in [0.5, 0.6) is 0 Å². The number of rotatable bonds is 5. The molecule has 0 fully saturated rings. The van der Waals surface area contributed by atoms with E-state index in [0.29, 0.717) is 6.04 Å². The Kier molecular flexibility index (Phi) is 3.99. The second-order valence-corrected chi connectivity index (χ2v) is 5.08. The van der Waals surface area contributed by atoms with E-state index in [1.165, 1.54) is 10.4 Å². The molecule has 2 rings (SSSR count). The van der Waals surface area contributed by atoms with E-state index in [1.807, 2.05) is 6.08 Å². The van der Waals surface area contributed by atoms with Gasteiger partial charge in [-0.3, -0.25) is 0 Å². The second kappa shape index (κ2) is 5.69. The molecule has 1 aromatic carbocycles. The molecular formula is C15H17NS. The van der Waals surface area contributed by atoms with Crippen LogP contribution in [-0.4, -0.2) is 0 Å². The van der Waals surface area contributed by atoms with Gasteiger partial charge in [0, 0.05) is 10.6 Å². The fraction of sp³-hybridized carbons (Fsp3) is 0.200. The minimum Gasteiger partial charge on any atom is -0.377 e. The zero-order valence-electron chi connectivity index (χ0n) is 10.0. The van der Waals surface area contributed by atoms with Crippen molar-refractivity contribution in [1.29, 1.82) is 0 Å². The van der Waals surface area contributed by atoms with Gasteiger partial charge in [0.1, 0.15) is 0 Å². The van der Waals surface area contributed by atoms with Crippen LogP contribution < -0.4 is 5.32 Å². The fourth-order valence-corrected chi connectivity index (χ4v) is 2.54. The van der Waals surface area contributed by atoms with Crippen LogP contribution in [0.4, 0.5) is 5.69 Å². The molecule has 0 amide bonds. The smallest absolute Gasteiger partial charge is 0.0640 e. The lowest BCUT2D eigenvalue weighted by atomic mass is 10.1. The first kappa shape index (κ1) is 11.9. The Labute approximate surface area is 107 Å². The zero-order valence-corrected chi connectivity index (χ0v) is 10.8. The van der Waals surface area contributed by atoms with Gasteiger partial charge in [0.05, 0.1) is 6.04 Å². The molecule has 0 aliphatic rings. The molecular weight excluding hydrogens is 226 g/mol. The van der Waals surface area contributed by atoms with Crippen molar-refractivity contribution in [1.82, 2.24) is 0 Å². The molecule has 2 heteroatoms. The van der Waals surface area contributed by atoms with Crippen molar-refractivity contribution in [3.8, 4) is 0 Å². The highest BCUT2D eigenvalue weighted by atomic mass is 32.1. The maximum absolute atomic E-state index is 3.83. The van der Waals surface area contributed by atoms with Crippen LogP contribution in [0.2, 0.25) is 0 Å². The van der Waals surface area contributed by atoms with Crippen LogP contribution in [0.1, 0.15) is 22.9 Å². The van der Waals surface area contributed by atoms with Gasteiger partial charge in [-0.25, -0.2) is 0 Å². The molecule has 1 heterocycles. The molecule has 0 bridgehead atoms. The van der Waals surface area contributed by atoms with Crippen molar-refractivity contribution >= 4 is 17.0 Å². The van der Waals surface area contributed by atoms with Gasteiger partial charge in [-0.15, -0.1) is 17.9 Å². The lowest BCUT2D eigenvalue weighted by Crippen LogP contribution is -2.08. The van der Waals surface area contributed by atoms with Gasteiger partial charge in [0.15, 0.2) is 0 Å². The average molecular weight is 243 g/mol. The molecule has 1 aromatic heterocycles. The third-order valence-corrected chi connectivity index (χ3v) is 3.67. The first-order chi connectivity index (χ1) is 8.29. The van der Waals surface area contributed by atoms with Gasteiger partial charge >= 0.3 is 0 Å². The summed E-state index contributed by atoms with van der Waals surface area (Å²) >= 11 is 1.78. The Morgan fingerprint density at radius 3 is 2.65 bits per heavy atom. The summed E-state index contributed by atoms with van der Waals surface area (Å²) < 4.78 is 0. The Hall–Kier alpha value is -1.54. The molecule has 1 nitrogen and oxygen atoms in total.